The molecule has 3 aromatic rings. The Hall–Kier alpha value is -3.85. The lowest BCUT2D eigenvalue weighted by Gasteiger charge is -2.33. The zero-order valence-electron chi connectivity index (χ0n) is 22.9. The van der Waals surface area contributed by atoms with Crippen molar-refractivity contribution >= 4 is 27.5 Å². The molecule has 208 valence electrons. The summed E-state index contributed by atoms with van der Waals surface area (Å²) in [5, 5.41) is 2.93. The van der Waals surface area contributed by atoms with Crippen LogP contribution in [0.15, 0.2) is 89.8 Å². The average Bonchev–Trinajstić information content (AvgIpc) is 2.95. The molecule has 0 fully saturated rings. The van der Waals surface area contributed by atoms with Crippen LogP contribution in [-0.4, -0.2) is 51.4 Å². The van der Waals surface area contributed by atoms with Crippen molar-refractivity contribution in [1.29, 1.82) is 0 Å². The third-order valence-electron chi connectivity index (χ3n) is 6.22. The van der Waals surface area contributed by atoms with Crippen LogP contribution in [0, 0.1) is 5.92 Å². The number of hydrogen-bond acceptors (Lipinski definition) is 5. The maximum absolute atomic E-state index is 14.0. The molecule has 9 heteroatoms. The highest BCUT2D eigenvalue weighted by atomic mass is 32.2. The van der Waals surface area contributed by atoms with Gasteiger partial charge in [0.15, 0.2) is 0 Å². The van der Waals surface area contributed by atoms with Crippen molar-refractivity contribution in [2.75, 3.05) is 24.5 Å². The molecule has 0 spiro atoms. The molecule has 1 N–H and O–H groups in total. The first-order valence-corrected chi connectivity index (χ1v) is 14.4. The summed E-state index contributed by atoms with van der Waals surface area (Å²) in [4.78, 5) is 28.8. The van der Waals surface area contributed by atoms with Crippen LogP contribution in [0.5, 0.6) is 5.75 Å². The van der Waals surface area contributed by atoms with Crippen LogP contribution in [-0.2, 0) is 26.2 Å². The number of sulfonamides is 1. The average molecular weight is 552 g/mol. The van der Waals surface area contributed by atoms with Crippen LogP contribution in [0.2, 0.25) is 0 Å². The first-order chi connectivity index (χ1) is 18.7. The van der Waals surface area contributed by atoms with Crippen LogP contribution in [0.3, 0.4) is 0 Å². The molecule has 0 aliphatic heterocycles. The predicted octanol–water partition coefficient (Wildman–Crippen LogP) is 4.47. The molecule has 8 nitrogen and oxygen atoms in total. The molecule has 0 saturated heterocycles. The molecule has 3 aromatic carbocycles. The number of methoxy groups -OCH3 is 1. The second-order valence-electron chi connectivity index (χ2n) is 9.60. The second kappa shape index (κ2) is 13.8. The van der Waals surface area contributed by atoms with Crippen LogP contribution < -0.4 is 14.4 Å². The molecular weight excluding hydrogens is 514 g/mol. The summed E-state index contributed by atoms with van der Waals surface area (Å²) in [6, 6.07) is 23.1. The molecule has 0 radical (unpaired) electrons. The maximum Gasteiger partial charge on any atom is 0.264 e. The monoisotopic (exact) mass is 551 g/mol. The summed E-state index contributed by atoms with van der Waals surface area (Å²) in [6.45, 7) is 5.96. The number of nitrogens with one attached hydrogen (secondary N) is 1. The van der Waals surface area contributed by atoms with Crippen molar-refractivity contribution in [3.05, 3.63) is 90.5 Å². The summed E-state index contributed by atoms with van der Waals surface area (Å²) in [5.74, 6) is -0.0693. The quantitative estimate of drug-likeness (QED) is 0.338. The summed E-state index contributed by atoms with van der Waals surface area (Å²) >= 11 is 0. The van der Waals surface area contributed by atoms with Gasteiger partial charge in [0.1, 0.15) is 18.3 Å². The van der Waals surface area contributed by atoms with Gasteiger partial charge in [-0.15, -0.1) is 0 Å². The number of rotatable bonds is 13. The van der Waals surface area contributed by atoms with Gasteiger partial charge in [0.25, 0.3) is 10.0 Å². The van der Waals surface area contributed by atoms with E-state index in [2.05, 4.69) is 5.32 Å². The van der Waals surface area contributed by atoms with Gasteiger partial charge in [0, 0.05) is 19.2 Å². The summed E-state index contributed by atoms with van der Waals surface area (Å²) in [5.41, 5.74) is 1.11. The minimum absolute atomic E-state index is 0.0527. The number of amides is 2. The van der Waals surface area contributed by atoms with Gasteiger partial charge in [-0.1, -0.05) is 75.4 Å². The third-order valence-corrected chi connectivity index (χ3v) is 8.01. The Balaban J connectivity index is 2.04. The lowest BCUT2D eigenvalue weighted by molar-refractivity contribution is -0.140. The molecule has 2 amide bonds. The van der Waals surface area contributed by atoms with Crippen molar-refractivity contribution in [3.8, 4) is 5.75 Å². The lowest BCUT2D eigenvalue weighted by Crippen LogP contribution is -2.52. The Bertz CT molecular complexity index is 1330. The smallest absolute Gasteiger partial charge is 0.264 e. The first-order valence-electron chi connectivity index (χ1n) is 13.0. The molecule has 0 bridgehead atoms. The van der Waals surface area contributed by atoms with Crippen molar-refractivity contribution in [1.82, 2.24) is 10.2 Å². The lowest BCUT2D eigenvalue weighted by atomic mass is 10.1. The SMILES string of the molecule is CCC(C(=O)NCC(C)C)N(Cc1ccccc1)C(=O)CN(c1cccc(OC)c1)S(=O)(=O)c1ccccc1. The van der Waals surface area contributed by atoms with E-state index in [1.165, 1.54) is 24.1 Å². The van der Waals surface area contributed by atoms with Crippen LogP contribution in [0.1, 0.15) is 32.8 Å². The van der Waals surface area contributed by atoms with Gasteiger partial charge >= 0.3 is 0 Å². The van der Waals surface area contributed by atoms with E-state index in [1.54, 1.807) is 42.5 Å². The number of nitrogens with zero attached hydrogens (tertiary/aromatic N) is 2. The third kappa shape index (κ3) is 7.83. The molecule has 1 unspecified atom stereocenters. The van der Waals surface area contributed by atoms with E-state index in [1.807, 2.05) is 51.1 Å². The van der Waals surface area contributed by atoms with Crippen molar-refractivity contribution < 1.29 is 22.7 Å². The van der Waals surface area contributed by atoms with E-state index in [0.29, 0.717) is 18.7 Å². The first kappa shape index (κ1) is 29.7. The molecule has 39 heavy (non-hydrogen) atoms. The largest absolute Gasteiger partial charge is 0.497 e. The Morgan fingerprint density at radius 3 is 2.15 bits per heavy atom. The van der Waals surface area contributed by atoms with E-state index in [9.17, 15) is 18.0 Å². The van der Waals surface area contributed by atoms with Gasteiger partial charge in [-0.3, -0.25) is 13.9 Å². The Morgan fingerprint density at radius 2 is 1.56 bits per heavy atom. The Morgan fingerprint density at radius 1 is 0.923 bits per heavy atom. The van der Waals surface area contributed by atoms with Crippen molar-refractivity contribution in [2.24, 2.45) is 5.92 Å². The highest BCUT2D eigenvalue weighted by Gasteiger charge is 2.33. The Kier molecular flexibility index (Phi) is 10.5. The van der Waals surface area contributed by atoms with E-state index < -0.39 is 28.5 Å². The number of benzene rings is 3. The zero-order chi connectivity index (χ0) is 28.4. The number of hydrogen-bond donors (Lipinski definition) is 1. The minimum Gasteiger partial charge on any atom is -0.497 e. The number of carbonyl (C=O) groups excluding carboxylic acids is 2. The standard InChI is InChI=1S/C30H37N3O5S/c1-5-28(30(35)31-20-23(2)3)32(21-24-13-8-6-9-14-24)29(34)22-33(25-15-12-16-26(19-25)38-4)39(36,37)27-17-10-7-11-18-27/h6-19,23,28H,5,20-22H2,1-4H3,(H,31,35). The highest BCUT2D eigenvalue weighted by Crippen LogP contribution is 2.27. The zero-order valence-corrected chi connectivity index (χ0v) is 23.7. The fraction of sp³-hybridized carbons (Fsp3) is 0.333. The van der Waals surface area contributed by atoms with Crippen molar-refractivity contribution in [3.63, 3.8) is 0 Å². The normalized spacial score (nSPS) is 12.0. The molecule has 3 rings (SSSR count). The van der Waals surface area contributed by atoms with Crippen molar-refractivity contribution in [2.45, 2.75) is 44.7 Å². The van der Waals surface area contributed by atoms with Crippen LogP contribution >= 0.6 is 0 Å². The van der Waals surface area contributed by atoms with Gasteiger partial charge in [-0.2, -0.15) is 0 Å². The van der Waals surface area contributed by atoms with Crippen LogP contribution in [0.25, 0.3) is 0 Å². The van der Waals surface area contributed by atoms with Crippen LogP contribution in [0.4, 0.5) is 5.69 Å². The van der Waals surface area contributed by atoms with E-state index in [0.717, 1.165) is 9.87 Å². The summed E-state index contributed by atoms with van der Waals surface area (Å²) in [7, 11) is -2.64. The molecule has 0 heterocycles. The fourth-order valence-corrected chi connectivity index (χ4v) is 5.56. The minimum atomic E-state index is -4.12. The second-order valence-corrected chi connectivity index (χ2v) is 11.5. The summed E-state index contributed by atoms with van der Waals surface area (Å²) < 4.78 is 34.1. The summed E-state index contributed by atoms with van der Waals surface area (Å²) in [6.07, 6.45) is 0.368. The highest BCUT2D eigenvalue weighted by molar-refractivity contribution is 7.92. The van der Waals surface area contributed by atoms with E-state index in [4.69, 9.17) is 4.74 Å². The fourth-order valence-electron chi connectivity index (χ4n) is 4.14. The number of carbonyl (C=O) groups is 2. The number of anilines is 1. The van der Waals surface area contributed by atoms with Gasteiger partial charge < -0.3 is 15.0 Å². The Labute approximate surface area is 231 Å². The number of ether oxygens (including phenoxy) is 1. The maximum atomic E-state index is 14.0. The van der Waals surface area contributed by atoms with Gasteiger partial charge in [-0.05, 0) is 42.2 Å². The van der Waals surface area contributed by atoms with Gasteiger partial charge in [0.05, 0.1) is 17.7 Å². The molecule has 0 aromatic heterocycles. The molecule has 0 saturated carbocycles. The molecule has 0 aliphatic carbocycles. The van der Waals surface area contributed by atoms with E-state index in [-0.39, 0.29) is 29.0 Å². The van der Waals surface area contributed by atoms with Gasteiger partial charge in [0.2, 0.25) is 11.8 Å². The van der Waals surface area contributed by atoms with E-state index >= 15 is 0 Å². The topological polar surface area (TPSA) is 96.0 Å². The molecule has 0 aliphatic rings. The predicted molar refractivity (Wildman–Crippen MR) is 153 cm³/mol. The van der Waals surface area contributed by atoms with Gasteiger partial charge in [-0.25, -0.2) is 8.42 Å². The molecule has 1 atom stereocenters. The molecular formula is C30H37N3O5S.